The topological polar surface area (TPSA) is 52.3 Å². The molecule has 0 aromatic heterocycles. The first-order chi connectivity index (χ1) is 9.33. The van der Waals surface area contributed by atoms with Gasteiger partial charge >= 0.3 is 5.97 Å². The molecule has 2 N–H and O–H groups in total. The summed E-state index contributed by atoms with van der Waals surface area (Å²) in [6.07, 6.45) is 3.38. The van der Waals surface area contributed by atoms with E-state index < -0.39 is 11.0 Å². The number of nitrogens with two attached hydrogens (primary N) is 1. The van der Waals surface area contributed by atoms with Crippen LogP contribution >= 0.6 is 0 Å². The van der Waals surface area contributed by atoms with Gasteiger partial charge in [-0.3, -0.25) is 4.79 Å². The standard InChI is InChI=1S/C17H25NO2/c1-16(2,3)20-15(19)17(11-7-10-14(17)18)12-13-8-5-4-6-9-13/h4-6,8-9,14H,7,10-12,18H2,1-3H3/t14-,17-/m0/s1. The molecule has 0 bridgehead atoms. The summed E-state index contributed by atoms with van der Waals surface area (Å²) in [7, 11) is 0. The van der Waals surface area contributed by atoms with Gasteiger partial charge in [-0.05, 0) is 45.6 Å². The Morgan fingerprint density at radius 3 is 2.50 bits per heavy atom. The van der Waals surface area contributed by atoms with E-state index in [1.165, 1.54) is 0 Å². The second kappa shape index (κ2) is 5.57. The molecule has 2 atom stereocenters. The summed E-state index contributed by atoms with van der Waals surface area (Å²) in [6.45, 7) is 5.71. The Balaban J connectivity index is 2.25. The lowest BCUT2D eigenvalue weighted by Crippen LogP contribution is -2.48. The van der Waals surface area contributed by atoms with E-state index >= 15 is 0 Å². The van der Waals surface area contributed by atoms with Crippen LogP contribution < -0.4 is 5.73 Å². The first kappa shape index (κ1) is 15.0. The Hall–Kier alpha value is -1.35. The molecule has 1 saturated carbocycles. The number of benzene rings is 1. The number of hydrogen-bond acceptors (Lipinski definition) is 3. The Morgan fingerprint density at radius 2 is 2.00 bits per heavy atom. The average Bonchev–Trinajstić information content (AvgIpc) is 2.71. The highest BCUT2D eigenvalue weighted by Crippen LogP contribution is 2.42. The van der Waals surface area contributed by atoms with Crippen molar-refractivity contribution in [1.82, 2.24) is 0 Å². The van der Waals surface area contributed by atoms with E-state index in [0.717, 1.165) is 24.8 Å². The highest BCUT2D eigenvalue weighted by molar-refractivity contribution is 5.79. The van der Waals surface area contributed by atoms with Crippen molar-refractivity contribution in [3.05, 3.63) is 35.9 Å². The van der Waals surface area contributed by atoms with Gasteiger partial charge in [0, 0.05) is 6.04 Å². The van der Waals surface area contributed by atoms with Crippen LogP contribution in [0.2, 0.25) is 0 Å². The van der Waals surface area contributed by atoms with Crippen molar-refractivity contribution >= 4 is 5.97 Å². The quantitative estimate of drug-likeness (QED) is 0.863. The van der Waals surface area contributed by atoms with Crippen LogP contribution in [0.5, 0.6) is 0 Å². The molecule has 1 aromatic rings. The SMILES string of the molecule is CC(C)(C)OC(=O)[C@]1(Cc2ccccc2)CCC[C@@H]1N. The summed E-state index contributed by atoms with van der Waals surface area (Å²) in [5.41, 5.74) is 6.40. The molecule has 2 rings (SSSR count). The van der Waals surface area contributed by atoms with Crippen molar-refractivity contribution in [3.8, 4) is 0 Å². The van der Waals surface area contributed by atoms with Crippen molar-refractivity contribution in [3.63, 3.8) is 0 Å². The molecule has 1 aliphatic carbocycles. The molecule has 0 aliphatic heterocycles. The second-order valence-corrected chi connectivity index (χ2v) is 6.82. The van der Waals surface area contributed by atoms with Gasteiger partial charge in [-0.1, -0.05) is 36.8 Å². The Kier molecular flexibility index (Phi) is 4.19. The van der Waals surface area contributed by atoms with Crippen LogP contribution in [0.3, 0.4) is 0 Å². The summed E-state index contributed by atoms with van der Waals surface area (Å²) in [5.74, 6) is -0.140. The van der Waals surface area contributed by atoms with E-state index in [2.05, 4.69) is 12.1 Å². The largest absolute Gasteiger partial charge is 0.459 e. The summed E-state index contributed by atoms with van der Waals surface area (Å²) < 4.78 is 5.65. The molecule has 0 radical (unpaired) electrons. The van der Waals surface area contributed by atoms with E-state index in [4.69, 9.17) is 10.5 Å². The fraction of sp³-hybridized carbons (Fsp3) is 0.588. The minimum Gasteiger partial charge on any atom is -0.459 e. The Labute approximate surface area is 121 Å². The lowest BCUT2D eigenvalue weighted by Gasteiger charge is -2.34. The van der Waals surface area contributed by atoms with Crippen molar-refractivity contribution in [1.29, 1.82) is 0 Å². The third-order valence-corrected chi connectivity index (χ3v) is 4.02. The average molecular weight is 275 g/mol. The molecule has 20 heavy (non-hydrogen) atoms. The van der Waals surface area contributed by atoms with Crippen LogP contribution in [-0.2, 0) is 16.0 Å². The van der Waals surface area contributed by atoms with Crippen LogP contribution in [0.25, 0.3) is 0 Å². The van der Waals surface area contributed by atoms with Gasteiger partial charge in [-0.2, -0.15) is 0 Å². The molecule has 110 valence electrons. The number of ether oxygens (including phenoxy) is 1. The molecule has 0 heterocycles. The van der Waals surface area contributed by atoms with Crippen LogP contribution in [0, 0.1) is 5.41 Å². The van der Waals surface area contributed by atoms with E-state index in [1.54, 1.807) is 0 Å². The third kappa shape index (κ3) is 3.21. The fourth-order valence-corrected chi connectivity index (χ4v) is 2.98. The van der Waals surface area contributed by atoms with Gasteiger partial charge in [-0.15, -0.1) is 0 Å². The van der Waals surface area contributed by atoms with Gasteiger partial charge in [0.15, 0.2) is 0 Å². The smallest absolute Gasteiger partial charge is 0.314 e. The summed E-state index contributed by atoms with van der Waals surface area (Å²) in [4.78, 5) is 12.7. The number of esters is 1. The van der Waals surface area contributed by atoms with Crippen LogP contribution in [0.15, 0.2) is 30.3 Å². The second-order valence-electron chi connectivity index (χ2n) is 6.82. The van der Waals surface area contributed by atoms with E-state index in [0.29, 0.717) is 6.42 Å². The molecule has 0 unspecified atom stereocenters. The molecule has 0 amide bonds. The van der Waals surface area contributed by atoms with Crippen molar-refractivity contribution < 1.29 is 9.53 Å². The maximum Gasteiger partial charge on any atom is 0.314 e. The number of carbonyl (C=O) groups excluding carboxylic acids is 1. The lowest BCUT2D eigenvalue weighted by molar-refractivity contribution is -0.168. The number of rotatable bonds is 3. The molecule has 3 nitrogen and oxygen atoms in total. The van der Waals surface area contributed by atoms with Crippen LogP contribution in [0.1, 0.15) is 45.6 Å². The van der Waals surface area contributed by atoms with Gasteiger partial charge in [-0.25, -0.2) is 0 Å². The zero-order chi connectivity index (χ0) is 14.8. The molecule has 0 saturated heterocycles. The van der Waals surface area contributed by atoms with Crippen molar-refractivity contribution in [2.24, 2.45) is 11.1 Å². The van der Waals surface area contributed by atoms with E-state index in [1.807, 2.05) is 39.0 Å². The van der Waals surface area contributed by atoms with Crippen LogP contribution in [0.4, 0.5) is 0 Å². The maximum atomic E-state index is 12.7. The zero-order valence-electron chi connectivity index (χ0n) is 12.7. The number of hydrogen-bond donors (Lipinski definition) is 1. The van der Waals surface area contributed by atoms with Crippen molar-refractivity contribution in [2.75, 3.05) is 0 Å². The van der Waals surface area contributed by atoms with Gasteiger partial charge in [0.1, 0.15) is 5.60 Å². The Bertz CT molecular complexity index is 464. The van der Waals surface area contributed by atoms with Crippen molar-refractivity contribution in [2.45, 2.75) is 58.1 Å². The predicted molar refractivity (Wildman–Crippen MR) is 80.3 cm³/mol. The molecule has 1 aromatic carbocycles. The molecule has 0 spiro atoms. The third-order valence-electron chi connectivity index (χ3n) is 4.02. The first-order valence-corrected chi connectivity index (χ1v) is 7.36. The Morgan fingerprint density at radius 1 is 1.35 bits per heavy atom. The molecule has 1 aliphatic rings. The normalized spacial score (nSPS) is 26.5. The highest BCUT2D eigenvalue weighted by atomic mass is 16.6. The molecule has 3 heteroatoms. The van der Waals surface area contributed by atoms with E-state index in [9.17, 15) is 4.79 Å². The molecule has 1 fully saturated rings. The van der Waals surface area contributed by atoms with E-state index in [-0.39, 0.29) is 12.0 Å². The van der Waals surface area contributed by atoms with Gasteiger partial charge in [0.25, 0.3) is 0 Å². The predicted octanol–water partition coefficient (Wildman–Crippen LogP) is 3.07. The minimum absolute atomic E-state index is 0.113. The minimum atomic E-state index is -0.561. The summed E-state index contributed by atoms with van der Waals surface area (Å²) in [6, 6.07) is 9.97. The summed E-state index contributed by atoms with van der Waals surface area (Å²) >= 11 is 0. The van der Waals surface area contributed by atoms with Gasteiger partial charge in [0.05, 0.1) is 5.41 Å². The van der Waals surface area contributed by atoms with Gasteiger partial charge in [0.2, 0.25) is 0 Å². The maximum absolute atomic E-state index is 12.7. The monoisotopic (exact) mass is 275 g/mol. The first-order valence-electron chi connectivity index (χ1n) is 7.36. The van der Waals surface area contributed by atoms with Gasteiger partial charge < -0.3 is 10.5 Å². The molecular formula is C17H25NO2. The summed E-state index contributed by atoms with van der Waals surface area (Å²) in [5, 5.41) is 0. The molecular weight excluding hydrogens is 250 g/mol. The number of carbonyl (C=O) groups is 1. The van der Waals surface area contributed by atoms with Crippen LogP contribution in [-0.4, -0.2) is 17.6 Å². The fourth-order valence-electron chi connectivity index (χ4n) is 2.98. The highest BCUT2D eigenvalue weighted by Gasteiger charge is 2.49. The lowest BCUT2D eigenvalue weighted by atomic mass is 9.77. The zero-order valence-corrected chi connectivity index (χ0v) is 12.7.